The minimum atomic E-state index is -1.07. The van der Waals surface area contributed by atoms with Crippen LogP contribution in [0, 0.1) is 0 Å². The van der Waals surface area contributed by atoms with Crippen molar-refractivity contribution < 1.29 is 24.3 Å². The molecule has 136 valence electrons. The van der Waals surface area contributed by atoms with E-state index in [0.717, 1.165) is 22.2 Å². The van der Waals surface area contributed by atoms with E-state index in [0.29, 0.717) is 5.69 Å². The number of nitrogens with one attached hydrogen (secondary N) is 1. The summed E-state index contributed by atoms with van der Waals surface area (Å²) in [5.74, 6) is -2.15. The van der Waals surface area contributed by atoms with E-state index in [2.05, 4.69) is 5.32 Å². The Morgan fingerprint density at radius 3 is 2.33 bits per heavy atom. The maximum absolute atomic E-state index is 12.4. The fourth-order valence-electron chi connectivity index (χ4n) is 2.38. The van der Waals surface area contributed by atoms with E-state index in [1.807, 2.05) is 30.3 Å². The first-order valence-corrected chi connectivity index (χ1v) is 8.69. The summed E-state index contributed by atoms with van der Waals surface area (Å²) < 4.78 is 0. The molecule has 0 atom stereocenters. The normalized spacial score (nSPS) is 15.3. The summed E-state index contributed by atoms with van der Waals surface area (Å²) in [5, 5.41) is 10.9. The third-order valence-corrected chi connectivity index (χ3v) is 4.60. The van der Waals surface area contributed by atoms with Crippen LogP contribution < -0.4 is 5.32 Å². The highest BCUT2D eigenvalue weighted by molar-refractivity contribution is 8.18. The summed E-state index contributed by atoms with van der Waals surface area (Å²) in [5.41, 5.74) is 1.24. The topological polar surface area (TPSA) is 104 Å². The van der Waals surface area contributed by atoms with Crippen molar-refractivity contribution >= 4 is 46.5 Å². The molecule has 0 spiro atoms. The standard InChI is InChI=1S/C19H14N2O5S/c22-16(20-14-8-6-13(7-9-14)18(24)25)11-21-17(23)15(27-19(21)26)10-12-4-2-1-3-5-12/h1-10H,11H2,(H,20,22)(H,24,25)/b15-10+. The number of carboxylic acid groups (broad SMARTS) is 1. The maximum atomic E-state index is 12.4. The van der Waals surface area contributed by atoms with Crippen molar-refractivity contribution in [2.45, 2.75) is 0 Å². The Morgan fingerprint density at radius 1 is 1.04 bits per heavy atom. The predicted molar refractivity (Wildman–Crippen MR) is 101 cm³/mol. The summed E-state index contributed by atoms with van der Waals surface area (Å²) in [7, 11) is 0. The lowest BCUT2D eigenvalue weighted by Crippen LogP contribution is -2.36. The average molecular weight is 382 g/mol. The Hall–Kier alpha value is -3.39. The molecule has 2 N–H and O–H groups in total. The number of benzene rings is 2. The molecule has 0 bridgehead atoms. The highest BCUT2D eigenvalue weighted by Gasteiger charge is 2.36. The number of thioether (sulfide) groups is 1. The highest BCUT2D eigenvalue weighted by Crippen LogP contribution is 2.32. The number of carboxylic acids is 1. The van der Waals surface area contributed by atoms with Crippen LogP contribution in [0.1, 0.15) is 15.9 Å². The largest absolute Gasteiger partial charge is 0.478 e. The summed E-state index contributed by atoms with van der Waals surface area (Å²) in [6.07, 6.45) is 1.60. The molecule has 0 aliphatic carbocycles. The number of anilines is 1. The Labute approximate surface area is 158 Å². The fraction of sp³-hybridized carbons (Fsp3) is 0.0526. The first-order chi connectivity index (χ1) is 12.9. The Bertz CT molecular complexity index is 938. The van der Waals surface area contributed by atoms with E-state index >= 15 is 0 Å². The molecule has 1 aliphatic heterocycles. The SMILES string of the molecule is O=C(CN1C(=O)S/C(=C/c2ccccc2)C1=O)Nc1ccc(C(=O)O)cc1. The van der Waals surface area contributed by atoms with Crippen molar-refractivity contribution in [1.29, 1.82) is 0 Å². The van der Waals surface area contributed by atoms with Crippen LogP contribution in [0.3, 0.4) is 0 Å². The number of hydrogen-bond donors (Lipinski definition) is 2. The minimum Gasteiger partial charge on any atom is -0.478 e. The molecule has 2 aromatic carbocycles. The van der Waals surface area contributed by atoms with Crippen LogP contribution in [0.25, 0.3) is 6.08 Å². The quantitative estimate of drug-likeness (QED) is 0.771. The van der Waals surface area contributed by atoms with E-state index in [4.69, 9.17) is 5.11 Å². The van der Waals surface area contributed by atoms with Gasteiger partial charge in [0.25, 0.3) is 11.1 Å². The summed E-state index contributed by atoms with van der Waals surface area (Å²) >= 11 is 0.783. The fourth-order valence-corrected chi connectivity index (χ4v) is 3.22. The van der Waals surface area contributed by atoms with E-state index in [9.17, 15) is 19.2 Å². The molecule has 1 saturated heterocycles. The lowest BCUT2D eigenvalue weighted by molar-refractivity contribution is -0.127. The van der Waals surface area contributed by atoms with Gasteiger partial charge in [-0.3, -0.25) is 19.3 Å². The van der Waals surface area contributed by atoms with Crippen molar-refractivity contribution in [3.05, 3.63) is 70.6 Å². The molecule has 3 rings (SSSR count). The lowest BCUT2D eigenvalue weighted by atomic mass is 10.2. The molecule has 2 aromatic rings. The number of carbonyl (C=O) groups is 4. The number of carbonyl (C=O) groups excluding carboxylic acids is 3. The maximum Gasteiger partial charge on any atom is 0.335 e. The predicted octanol–water partition coefficient (Wildman–Crippen LogP) is 3.06. The van der Waals surface area contributed by atoms with Gasteiger partial charge in [0.15, 0.2) is 0 Å². The first kappa shape index (κ1) is 18.4. The van der Waals surface area contributed by atoms with Crippen LogP contribution in [-0.4, -0.2) is 39.6 Å². The van der Waals surface area contributed by atoms with Gasteiger partial charge in [0.2, 0.25) is 5.91 Å². The molecule has 0 radical (unpaired) electrons. The zero-order chi connectivity index (χ0) is 19.4. The smallest absolute Gasteiger partial charge is 0.335 e. The molecule has 8 heteroatoms. The van der Waals surface area contributed by atoms with Crippen molar-refractivity contribution in [2.24, 2.45) is 0 Å². The van der Waals surface area contributed by atoms with Gasteiger partial charge >= 0.3 is 5.97 Å². The summed E-state index contributed by atoms with van der Waals surface area (Å²) in [6.45, 7) is -0.419. The van der Waals surface area contributed by atoms with Gasteiger partial charge in [-0.15, -0.1) is 0 Å². The molecule has 27 heavy (non-hydrogen) atoms. The Kier molecular flexibility index (Phi) is 5.37. The van der Waals surface area contributed by atoms with Gasteiger partial charge < -0.3 is 10.4 Å². The summed E-state index contributed by atoms with van der Waals surface area (Å²) in [6, 6.07) is 14.7. The number of hydrogen-bond acceptors (Lipinski definition) is 5. The van der Waals surface area contributed by atoms with E-state index in [1.165, 1.54) is 24.3 Å². The molecule has 1 heterocycles. The van der Waals surface area contributed by atoms with E-state index in [1.54, 1.807) is 6.08 Å². The second kappa shape index (κ2) is 7.88. The van der Waals surface area contributed by atoms with Crippen LogP contribution in [-0.2, 0) is 9.59 Å². The molecular formula is C19H14N2O5S. The third kappa shape index (κ3) is 4.42. The number of aromatic carboxylic acids is 1. The molecule has 7 nitrogen and oxygen atoms in total. The number of nitrogens with zero attached hydrogens (tertiary/aromatic N) is 1. The number of rotatable bonds is 5. The molecule has 1 aliphatic rings. The van der Waals surface area contributed by atoms with Crippen LogP contribution in [0.5, 0.6) is 0 Å². The number of imide groups is 1. The second-order valence-electron chi connectivity index (χ2n) is 5.61. The van der Waals surface area contributed by atoms with Crippen molar-refractivity contribution in [2.75, 3.05) is 11.9 Å². The van der Waals surface area contributed by atoms with Crippen molar-refractivity contribution in [3.8, 4) is 0 Å². The van der Waals surface area contributed by atoms with Crippen LogP contribution >= 0.6 is 11.8 Å². The van der Waals surface area contributed by atoms with Gasteiger partial charge in [-0.1, -0.05) is 30.3 Å². The molecule has 0 aromatic heterocycles. The highest BCUT2D eigenvalue weighted by atomic mass is 32.2. The van der Waals surface area contributed by atoms with Crippen LogP contribution in [0.2, 0.25) is 0 Å². The molecular weight excluding hydrogens is 368 g/mol. The number of amides is 3. The van der Waals surface area contributed by atoms with Gasteiger partial charge in [0.05, 0.1) is 10.5 Å². The minimum absolute atomic E-state index is 0.0880. The van der Waals surface area contributed by atoms with Crippen LogP contribution in [0.4, 0.5) is 10.5 Å². The second-order valence-corrected chi connectivity index (χ2v) is 6.60. The Balaban J connectivity index is 1.65. The summed E-state index contributed by atoms with van der Waals surface area (Å²) in [4.78, 5) is 48.6. The zero-order valence-corrected chi connectivity index (χ0v) is 14.7. The van der Waals surface area contributed by atoms with Crippen molar-refractivity contribution in [3.63, 3.8) is 0 Å². The van der Waals surface area contributed by atoms with Crippen molar-refractivity contribution in [1.82, 2.24) is 4.90 Å². The molecule has 0 unspecified atom stereocenters. The third-order valence-electron chi connectivity index (χ3n) is 3.69. The van der Waals surface area contributed by atoms with Gasteiger partial charge in [0.1, 0.15) is 6.54 Å². The zero-order valence-electron chi connectivity index (χ0n) is 13.9. The van der Waals surface area contributed by atoms with E-state index in [-0.39, 0.29) is 10.5 Å². The van der Waals surface area contributed by atoms with E-state index < -0.39 is 29.6 Å². The van der Waals surface area contributed by atoms with Gasteiger partial charge in [-0.05, 0) is 47.7 Å². The first-order valence-electron chi connectivity index (χ1n) is 7.87. The lowest BCUT2D eigenvalue weighted by Gasteiger charge is -2.12. The van der Waals surface area contributed by atoms with Gasteiger partial charge in [-0.2, -0.15) is 0 Å². The monoisotopic (exact) mass is 382 g/mol. The van der Waals surface area contributed by atoms with Gasteiger partial charge in [-0.25, -0.2) is 4.79 Å². The molecule has 1 fully saturated rings. The molecule has 0 saturated carbocycles. The van der Waals surface area contributed by atoms with Gasteiger partial charge in [0, 0.05) is 5.69 Å². The molecule has 3 amide bonds. The van der Waals surface area contributed by atoms with Crippen LogP contribution in [0.15, 0.2) is 59.5 Å². The Morgan fingerprint density at radius 2 is 1.70 bits per heavy atom. The average Bonchev–Trinajstić information content (AvgIpc) is 2.90.